The fourth-order valence-corrected chi connectivity index (χ4v) is 5.07. The number of hydrogen-bond donors (Lipinski definition) is 0. The number of piperidine rings is 1. The van der Waals surface area contributed by atoms with E-state index in [2.05, 4.69) is 0 Å². The molecule has 1 amide bonds. The molecule has 2 fully saturated rings. The Morgan fingerprint density at radius 3 is 2.21 bits per heavy atom. The molecule has 154 valence electrons. The number of halogens is 1. The summed E-state index contributed by atoms with van der Waals surface area (Å²) in [5.41, 5.74) is 0. The van der Waals surface area contributed by atoms with E-state index >= 15 is 0 Å². The van der Waals surface area contributed by atoms with Crippen molar-refractivity contribution < 1.29 is 27.1 Å². The normalized spacial score (nSPS) is 20.1. The minimum absolute atomic E-state index is 0.0276. The third-order valence-electron chi connectivity index (χ3n) is 5.30. The highest BCUT2D eigenvalue weighted by molar-refractivity contribution is 7.89. The summed E-state index contributed by atoms with van der Waals surface area (Å²) >= 11 is 0. The van der Waals surface area contributed by atoms with Gasteiger partial charge in [-0.3, -0.25) is 9.59 Å². The standard InChI is InChI=1S/C19H25FN2O5S/c1-14(18(23)21-10-2-3-11-21)27-19(24)15-8-12-22(13-9-15)28(25,26)17-6-4-16(20)5-7-17/h4-7,14-15H,2-3,8-13H2,1H3/t14-/m1/s1. The lowest BCUT2D eigenvalue weighted by Gasteiger charge is -2.31. The van der Waals surface area contributed by atoms with E-state index in [9.17, 15) is 22.4 Å². The first-order valence-electron chi connectivity index (χ1n) is 9.54. The molecule has 0 bridgehead atoms. The summed E-state index contributed by atoms with van der Waals surface area (Å²) in [6.07, 6.45) is 1.75. The molecule has 1 aromatic rings. The van der Waals surface area contributed by atoms with Crippen molar-refractivity contribution in [2.75, 3.05) is 26.2 Å². The van der Waals surface area contributed by atoms with Crippen molar-refractivity contribution in [1.82, 2.24) is 9.21 Å². The molecule has 2 saturated heterocycles. The van der Waals surface area contributed by atoms with Crippen molar-refractivity contribution in [3.05, 3.63) is 30.1 Å². The van der Waals surface area contributed by atoms with Gasteiger partial charge in [0.05, 0.1) is 10.8 Å². The molecule has 2 heterocycles. The second-order valence-electron chi connectivity index (χ2n) is 7.24. The first kappa shape index (κ1) is 20.7. The van der Waals surface area contributed by atoms with Crippen LogP contribution in [0, 0.1) is 11.7 Å². The van der Waals surface area contributed by atoms with Gasteiger partial charge in [-0.15, -0.1) is 0 Å². The highest BCUT2D eigenvalue weighted by atomic mass is 32.2. The molecule has 7 nitrogen and oxygen atoms in total. The number of hydrogen-bond acceptors (Lipinski definition) is 5. The van der Waals surface area contributed by atoms with E-state index in [1.807, 2.05) is 0 Å². The zero-order chi connectivity index (χ0) is 20.3. The number of esters is 1. The molecular weight excluding hydrogens is 387 g/mol. The molecule has 1 aromatic carbocycles. The van der Waals surface area contributed by atoms with Gasteiger partial charge in [0, 0.05) is 26.2 Å². The Balaban J connectivity index is 1.53. The van der Waals surface area contributed by atoms with Crippen molar-refractivity contribution in [2.45, 2.75) is 43.6 Å². The van der Waals surface area contributed by atoms with Crippen LogP contribution in [0.3, 0.4) is 0 Å². The van der Waals surface area contributed by atoms with Crippen molar-refractivity contribution in [3.8, 4) is 0 Å². The van der Waals surface area contributed by atoms with Crippen LogP contribution in [0.2, 0.25) is 0 Å². The van der Waals surface area contributed by atoms with Crippen LogP contribution < -0.4 is 0 Å². The SMILES string of the molecule is C[C@@H](OC(=O)C1CCN(S(=O)(=O)c2ccc(F)cc2)CC1)C(=O)N1CCCC1. The van der Waals surface area contributed by atoms with E-state index < -0.39 is 33.8 Å². The number of likely N-dealkylation sites (tertiary alicyclic amines) is 1. The molecule has 0 unspecified atom stereocenters. The molecule has 2 aliphatic rings. The predicted molar refractivity (Wildman–Crippen MR) is 99.3 cm³/mol. The molecule has 0 aliphatic carbocycles. The second-order valence-corrected chi connectivity index (χ2v) is 9.18. The topological polar surface area (TPSA) is 84.0 Å². The molecule has 2 aliphatic heterocycles. The van der Waals surface area contributed by atoms with E-state index in [-0.39, 0.29) is 23.9 Å². The molecular formula is C19H25FN2O5S. The van der Waals surface area contributed by atoms with E-state index in [0.29, 0.717) is 25.9 Å². The highest BCUT2D eigenvalue weighted by Crippen LogP contribution is 2.25. The maximum absolute atomic E-state index is 13.0. The minimum atomic E-state index is -3.72. The monoisotopic (exact) mass is 412 g/mol. The first-order chi connectivity index (χ1) is 13.3. The van der Waals surface area contributed by atoms with Crippen molar-refractivity contribution in [1.29, 1.82) is 0 Å². The fraction of sp³-hybridized carbons (Fsp3) is 0.579. The molecule has 0 spiro atoms. The van der Waals surface area contributed by atoms with E-state index in [0.717, 1.165) is 25.0 Å². The van der Waals surface area contributed by atoms with Gasteiger partial charge < -0.3 is 9.64 Å². The Bertz CT molecular complexity index is 813. The van der Waals surface area contributed by atoms with Gasteiger partial charge in [-0.2, -0.15) is 4.31 Å². The van der Waals surface area contributed by atoms with Gasteiger partial charge in [0.1, 0.15) is 5.82 Å². The van der Waals surface area contributed by atoms with Gasteiger partial charge in [-0.05, 0) is 56.9 Å². The average molecular weight is 412 g/mol. The number of amides is 1. The smallest absolute Gasteiger partial charge is 0.309 e. The van der Waals surface area contributed by atoms with Crippen LogP contribution in [-0.2, 0) is 24.3 Å². The van der Waals surface area contributed by atoms with E-state index in [1.54, 1.807) is 11.8 Å². The first-order valence-corrected chi connectivity index (χ1v) is 11.0. The molecule has 9 heteroatoms. The maximum Gasteiger partial charge on any atom is 0.309 e. The van der Waals surface area contributed by atoms with Crippen LogP contribution in [0.15, 0.2) is 29.2 Å². The van der Waals surface area contributed by atoms with Crippen LogP contribution in [-0.4, -0.2) is 61.8 Å². The molecule has 3 rings (SSSR count). The number of carbonyl (C=O) groups excluding carboxylic acids is 2. The number of ether oxygens (including phenoxy) is 1. The van der Waals surface area contributed by atoms with E-state index in [4.69, 9.17) is 4.74 Å². The van der Waals surface area contributed by atoms with Gasteiger partial charge in [0.25, 0.3) is 5.91 Å². The van der Waals surface area contributed by atoms with Crippen molar-refractivity contribution in [2.24, 2.45) is 5.92 Å². The van der Waals surface area contributed by atoms with Crippen LogP contribution in [0.25, 0.3) is 0 Å². The Morgan fingerprint density at radius 2 is 1.64 bits per heavy atom. The quantitative estimate of drug-likeness (QED) is 0.689. The molecule has 1 atom stereocenters. The number of nitrogens with zero attached hydrogens (tertiary/aromatic N) is 2. The number of rotatable bonds is 5. The highest BCUT2D eigenvalue weighted by Gasteiger charge is 2.34. The third-order valence-corrected chi connectivity index (χ3v) is 7.21. The summed E-state index contributed by atoms with van der Waals surface area (Å²) in [6, 6.07) is 4.68. The maximum atomic E-state index is 13.0. The summed E-state index contributed by atoms with van der Waals surface area (Å²) in [5.74, 6) is -1.58. The molecule has 0 saturated carbocycles. The summed E-state index contributed by atoms with van der Waals surface area (Å²) in [6.45, 7) is 3.31. The molecule has 0 N–H and O–H groups in total. The zero-order valence-corrected chi connectivity index (χ0v) is 16.7. The lowest BCUT2D eigenvalue weighted by molar-refractivity contribution is -0.163. The van der Waals surface area contributed by atoms with Crippen LogP contribution in [0.5, 0.6) is 0 Å². The van der Waals surface area contributed by atoms with Gasteiger partial charge in [-0.1, -0.05) is 0 Å². The van der Waals surface area contributed by atoms with Gasteiger partial charge in [-0.25, -0.2) is 12.8 Å². The fourth-order valence-electron chi connectivity index (χ4n) is 3.60. The number of sulfonamides is 1. The third kappa shape index (κ3) is 4.52. The number of benzene rings is 1. The molecule has 0 aromatic heterocycles. The minimum Gasteiger partial charge on any atom is -0.452 e. The zero-order valence-electron chi connectivity index (χ0n) is 15.8. The summed E-state index contributed by atoms with van der Waals surface area (Å²) < 4.78 is 44.9. The van der Waals surface area contributed by atoms with Crippen molar-refractivity contribution in [3.63, 3.8) is 0 Å². The average Bonchev–Trinajstić information content (AvgIpc) is 3.22. The Morgan fingerprint density at radius 1 is 1.07 bits per heavy atom. The second kappa shape index (κ2) is 8.57. The molecule has 0 radical (unpaired) electrons. The van der Waals surface area contributed by atoms with Gasteiger partial charge in [0.15, 0.2) is 6.10 Å². The largest absolute Gasteiger partial charge is 0.452 e. The summed E-state index contributed by atoms with van der Waals surface area (Å²) in [5, 5.41) is 0. The Kier molecular flexibility index (Phi) is 6.34. The number of carbonyl (C=O) groups is 2. The van der Waals surface area contributed by atoms with Crippen LogP contribution in [0.4, 0.5) is 4.39 Å². The summed E-state index contributed by atoms with van der Waals surface area (Å²) in [4.78, 5) is 26.4. The van der Waals surface area contributed by atoms with Crippen LogP contribution >= 0.6 is 0 Å². The Labute approximate surface area is 164 Å². The van der Waals surface area contributed by atoms with Gasteiger partial charge >= 0.3 is 5.97 Å². The Hall–Kier alpha value is -2.00. The van der Waals surface area contributed by atoms with Crippen LogP contribution in [0.1, 0.15) is 32.6 Å². The van der Waals surface area contributed by atoms with E-state index in [1.165, 1.54) is 16.4 Å². The molecule has 28 heavy (non-hydrogen) atoms. The van der Waals surface area contributed by atoms with Crippen molar-refractivity contribution >= 4 is 21.9 Å². The lowest BCUT2D eigenvalue weighted by Crippen LogP contribution is -2.43. The van der Waals surface area contributed by atoms with Gasteiger partial charge in [0.2, 0.25) is 10.0 Å². The summed E-state index contributed by atoms with van der Waals surface area (Å²) in [7, 11) is -3.72. The predicted octanol–water partition coefficient (Wildman–Crippen LogP) is 1.78. The lowest BCUT2D eigenvalue weighted by atomic mass is 9.98.